The molecule has 0 bridgehead atoms. The Bertz CT molecular complexity index is 625. The Balaban J connectivity index is 2.28. The first kappa shape index (κ1) is 14.0. The summed E-state index contributed by atoms with van der Waals surface area (Å²) in [6, 6.07) is 9.63. The van der Waals surface area contributed by atoms with Crippen LogP contribution in [0.2, 0.25) is 5.02 Å². The zero-order valence-electron chi connectivity index (χ0n) is 10.0. The summed E-state index contributed by atoms with van der Waals surface area (Å²) in [6.45, 7) is 1.91. The monoisotopic (exact) mass is 341 g/mol. The first-order valence-electron chi connectivity index (χ1n) is 5.50. The molecule has 0 saturated heterocycles. The third-order valence-corrected chi connectivity index (χ3v) is 3.34. The molecule has 0 aromatic heterocycles. The molecule has 2 rings (SSSR count). The highest BCUT2D eigenvalue weighted by Crippen LogP contribution is 2.23. The Labute approximate surface area is 123 Å². The molecule has 98 valence electrons. The van der Waals surface area contributed by atoms with E-state index >= 15 is 0 Å². The fraction of sp³-hybridized carbons (Fsp3) is 0.0714. The molecule has 0 heterocycles. The number of carbonyl (C=O) groups excluding carboxylic acids is 1. The van der Waals surface area contributed by atoms with Crippen LogP contribution in [0, 0.1) is 12.7 Å². The van der Waals surface area contributed by atoms with Crippen LogP contribution in [0.15, 0.2) is 40.9 Å². The third-order valence-electron chi connectivity index (χ3n) is 2.50. The van der Waals surface area contributed by atoms with Crippen LogP contribution in [0.1, 0.15) is 15.9 Å². The smallest absolute Gasteiger partial charge is 0.257 e. The van der Waals surface area contributed by atoms with Crippen LogP contribution in [0.25, 0.3) is 0 Å². The van der Waals surface area contributed by atoms with Gasteiger partial charge in [-0.3, -0.25) is 4.79 Å². The molecule has 2 aromatic carbocycles. The summed E-state index contributed by atoms with van der Waals surface area (Å²) in [6.07, 6.45) is 0. The summed E-state index contributed by atoms with van der Waals surface area (Å²) >= 11 is 9.12. The summed E-state index contributed by atoms with van der Waals surface area (Å²) < 4.78 is 14.1. The van der Waals surface area contributed by atoms with E-state index in [-0.39, 0.29) is 10.6 Å². The first-order chi connectivity index (χ1) is 8.97. The molecule has 0 atom stereocenters. The molecular formula is C14H10BrClFNO. The van der Waals surface area contributed by atoms with Gasteiger partial charge in [0, 0.05) is 10.2 Å². The Hall–Kier alpha value is -1.39. The topological polar surface area (TPSA) is 29.1 Å². The molecule has 0 radical (unpaired) electrons. The number of amides is 1. The van der Waals surface area contributed by atoms with E-state index in [9.17, 15) is 9.18 Å². The fourth-order valence-corrected chi connectivity index (χ4v) is 2.51. The number of hydrogen-bond acceptors (Lipinski definition) is 1. The average Bonchev–Trinajstić information content (AvgIpc) is 2.31. The van der Waals surface area contributed by atoms with E-state index in [1.165, 1.54) is 18.2 Å². The van der Waals surface area contributed by atoms with Crippen LogP contribution in [-0.4, -0.2) is 5.91 Å². The van der Waals surface area contributed by atoms with Gasteiger partial charge >= 0.3 is 0 Å². The van der Waals surface area contributed by atoms with Crippen molar-refractivity contribution in [3.8, 4) is 0 Å². The number of carbonyl (C=O) groups is 1. The second-order valence-corrected chi connectivity index (χ2v) is 5.37. The lowest BCUT2D eigenvalue weighted by molar-refractivity contribution is 0.102. The molecule has 19 heavy (non-hydrogen) atoms. The lowest BCUT2D eigenvalue weighted by atomic mass is 10.2. The number of anilines is 1. The second-order valence-electron chi connectivity index (χ2n) is 4.07. The number of aryl methyl sites for hydroxylation is 1. The number of nitrogens with one attached hydrogen (secondary N) is 1. The van der Waals surface area contributed by atoms with Crippen molar-refractivity contribution in [2.75, 3.05) is 5.32 Å². The standard InChI is InChI=1S/C14H10BrClFNO/c1-8-5-9(15)7-10(6-8)18-14(19)11-3-2-4-12(17)13(11)16/h2-7H,1H3,(H,18,19). The summed E-state index contributed by atoms with van der Waals surface area (Å²) in [5.74, 6) is -1.05. The summed E-state index contributed by atoms with van der Waals surface area (Å²) in [4.78, 5) is 12.0. The highest BCUT2D eigenvalue weighted by molar-refractivity contribution is 9.10. The van der Waals surface area contributed by atoms with Crippen molar-refractivity contribution in [2.45, 2.75) is 6.92 Å². The predicted octanol–water partition coefficient (Wildman–Crippen LogP) is 4.80. The van der Waals surface area contributed by atoms with Crippen LogP contribution in [0.3, 0.4) is 0 Å². The van der Waals surface area contributed by atoms with Gasteiger partial charge in [0.2, 0.25) is 0 Å². The molecule has 0 aliphatic rings. The average molecular weight is 343 g/mol. The van der Waals surface area contributed by atoms with Crippen molar-refractivity contribution in [1.29, 1.82) is 0 Å². The fourth-order valence-electron chi connectivity index (χ4n) is 1.69. The van der Waals surface area contributed by atoms with E-state index in [0.717, 1.165) is 10.0 Å². The van der Waals surface area contributed by atoms with Gasteiger partial charge in [-0.05, 0) is 42.8 Å². The van der Waals surface area contributed by atoms with Crippen molar-refractivity contribution in [2.24, 2.45) is 0 Å². The highest BCUT2D eigenvalue weighted by atomic mass is 79.9. The minimum Gasteiger partial charge on any atom is -0.322 e. The van der Waals surface area contributed by atoms with Crippen LogP contribution in [-0.2, 0) is 0 Å². The molecule has 2 aromatic rings. The van der Waals surface area contributed by atoms with Gasteiger partial charge in [-0.15, -0.1) is 0 Å². The number of rotatable bonds is 2. The number of benzene rings is 2. The maximum absolute atomic E-state index is 13.3. The Morgan fingerprint density at radius 3 is 2.74 bits per heavy atom. The van der Waals surface area contributed by atoms with E-state index in [1.807, 2.05) is 19.1 Å². The SMILES string of the molecule is Cc1cc(Br)cc(NC(=O)c2cccc(F)c2Cl)c1. The van der Waals surface area contributed by atoms with Crippen molar-refractivity contribution in [3.63, 3.8) is 0 Å². The molecule has 0 aliphatic carbocycles. The van der Waals surface area contributed by atoms with Gasteiger partial charge < -0.3 is 5.32 Å². The quantitative estimate of drug-likeness (QED) is 0.834. The lowest BCUT2D eigenvalue weighted by Gasteiger charge is -2.08. The molecule has 5 heteroatoms. The van der Waals surface area contributed by atoms with Crippen molar-refractivity contribution in [3.05, 3.63) is 62.8 Å². The second kappa shape index (κ2) is 5.72. The summed E-state index contributed by atoms with van der Waals surface area (Å²) in [5.41, 5.74) is 1.73. The Morgan fingerprint density at radius 1 is 1.32 bits per heavy atom. The minimum atomic E-state index is -0.611. The van der Waals surface area contributed by atoms with Crippen LogP contribution in [0.4, 0.5) is 10.1 Å². The van der Waals surface area contributed by atoms with Crippen molar-refractivity contribution < 1.29 is 9.18 Å². The van der Waals surface area contributed by atoms with Gasteiger partial charge in [0.25, 0.3) is 5.91 Å². The Kier molecular flexibility index (Phi) is 4.22. The molecule has 0 unspecified atom stereocenters. The van der Waals surface area contributed by atoms with Gasteiger partial charge in [-0.25, -0.2) is 4.39 Å². The van der Waals surface area contributed by atoms with Crippen LogP contribution < -0.4 is 5.32 Å². The molecule has 0 aliphatic heterocycles. The maximum atomic E-state index is 13.3. The van der Waals surface area contributed by atoms with Crippen LogP contribution >= 0.6 is 27.5 Å². The Morgan fingerprint density at radius 2 is 2.05 bits per heavy atom. The van der Waals surface area contributed by atoms with Gasteiger partial charge in [0.15, 0.2) is 0 Å². The minimum absolute atomic E-state index is 0.110. The van der Waals surface area contributed by atoms with E-state index in [1.54, 1.807) is 6.07 Å². The predicted molar refractivity (Wildman–Crippen MR) is 78.2 cm³/mol. The highest BCUT2D eigenvalue weighted by Gasteiger charge is 2.13. The van der Waals surface area contributed by atoms with Crippen molar-refractivity contribution >= 4 is 39.1 Å². The number of halogens is 3. The zero-order valence-corrected chi connectivity index (χ0v) is 12.3. The van der Waals surface area contributed by atoms with Gasteiger partial charge in [-0.2, -0.15) is 0 Å². The largest absolute Gasteiger partial charge is 0.322 e. The normalized spacial score (nSPS) is 10.3. The van der Waals surface area contributed by atoms with E-state index in [0.29, 0.717) is 5.69 Å². The molecule has 0 saturated carbocycles. The molecule has 2 nitrogen and oxygen atoms in total. The van der Waals surface area contributed by atoms with E-state index in [4.69, 9.17) is 11.6 Å². The first-order valence-corrected chi connectivity index (χ1v) is 6.67. The van der Waals surface area contributed by atoms with Crippen molar-refractivity contribution in [1.82, 2.24) is 0 Å². The zero-order chi connectivity index (χ0) is 14.0. The van der Waals surface area contributed by atoms with Gasteiger partial charge in [-0.1, -0.05) is 33.6 Å². The van der Waals surface area contributed by atoms with Gasteiger partial charge in [0.05, 0.1) is 10.6 Å². The molecule has 1 N–H and O–H groups in total. The molecule has 0 fully saturated rings. The van der Waals surface area contributed by atoms with Crippen LogP contribution in [0.5, 0.6) is 0 Å². The lowest BCUT2D eigenvalue weighted by Crippen LogP contribution is -2.13. The van der Waals surface area contributed by atoms with Gasteiger partial charge in [0.1, 0.15) is 5.82 Å². The summed E-state index contributed by atoms with van der Waals surface area (Å²) in [5, 5.41) is 2.51. The number of hydrogen-bond donors (Lipinski definition) is 1. The maximum Gasteiger partial charge on any atom is 0.257 e. The molecular weight excluding hydrogens is 333 g/mol. The van der Waals surface area contributed by atoms with E-state index < -0.39 is 11.7 Å². The molecule has 0 spiro atoms. The van der Waals surface area contributed by atoms with E-state index in [2.05, 4.69) is 21.2 Å². The molecule has 1 amide bonds. The third kappa shape index (κ3) is 3.33. The summed E-state index contributed by atoms with van der Waals surface area (Å²) in [7, 11) is 0.